The lowest BCUT2D eigenvalue weighted by molar-refractivity contribution is -0.129. The van der Waals surface area contributed by atoms with E-state index in [4.69, 9.17) is 0 Å². The maximum atomic E-state index is 11.7. The molecule has 2 amide bonds. The molecule has 0 aromatic rings. The van der Waals surface area contributed by atoms with E-state index in [0.717, 1.165) is 25.7 Å². The normalized spacial score (nSPS) is 27.1. The van der Waals surface area contributed by atoms with E-state index in [1.807, 2.05) is 0 Å². The Kier molecular flexibility index (Phi) is 2.57. The van der Waals surface area contributed by atoms with Crippen molar-refractivity contribution in [3.05, 3.63) is 0 Å². The van der Waals surface area contributed by atoms with Gasteiger partial charge in [0.05, 0.1) is 5.41 Å². The first-order chi connectivity index (χ1) is 6.73. The molecule has 1 aliphatic heterocycles. The molecule has 0 atom stereocenters. The molecule has 2 aliphatic rings. The molecule has 0 aromatic heterocycles. The molecule has 1 saturated carbocycles. The summed E-state index contributed by atoms with van der Waals surface area (Å²) in [7, 11) is 0. The van der Waals surface area contributed by atoms with E-state index in [-0.39, 0.29) is 17.2 Å². The quantitative estimate of drug-likeness (QED) is 0.599. The van der Waals surface area contributed by atoms with Gasteiger partial charge in [-0.3, -0.25) is 14.9 Å². The molecule has 1 spiro atoms. The zero-order valence-corrected chi connectivity index (χ0v) is 8.47. The van der Waals surface area contributed by atoms with Crippen molar-refractivity contribution in [3.63, 3.8) is 0 Å². The fourth-order valence-corrected chi connectivity index (χ4v) is 2.68. The predicted molar refractivity (Wildman–Crippen MR) is 52.5 cm³/mol. The van der Waals surface area contributed by atoms with E-state index in [2.05, 4.69) is 5.32 Å². The number of carbonyl (C=O) groups excluding carboxylic acids is 2. The molecule has 3 nitrogen and oxygen atoms in total. The zero-order chi connectivity index (χ0) is 10.0. The van der Waals surface area contributed by atoms with Crippen molar-refractivity contribution in [1.82, 2.24) is 5.32 Å². The first-order valence-corrected chi connectivity index (χ1v) is 5.57. The minimum atomic E-state index is -0.322. The van der Waals surface area contributed by atoms with Gasteiger partial charge in [-0.2, -0.15) is 0 Å². The molecule has 1 saturated heterocycles. The SMILES string of the molecule is O=C1CC2(CCCCCCC2)C(=O)N1. The van der Waals surface area contributed by atoms with Crippen molar-refractivity contribution < 1.29 is 9.59 Å². The highest BCUT2D eigenvalue weighted by molar-refractivity contribution is 6.05. The summed E-state index contributed by atoms with van der Waals surface area (Å²) in [6.07, 6.45) is 8.15. The summed E-state index contributed by atoms with van der Waals surface area (Å²) in [6, 6.07) is 0. The van der Waals surface area contributed by atoms with Gasteiger partial charge in [0, 0.05) is 6.42 Å². The van der Waals surface area contributed by atoms with Crippen LogP contribution in [0.4, 0.5) is 0 Å². The summed E-state index contributed by atoms with van der Waals surface area (Å²) in [5, 5.41) is 2.45. The summed E-state index contributed by atoms with van der Waals surface area (Å²) in [5.74, 6) is -0.0834. The molecule has 0 aromatic carbocycles. The van der Waals surface area contributed by atoms with Crippen LogP contribution in [-0.2, 0) is 9.59 Å². The van der Waals surface area contributed by atoms with Crippen molar-refractivity contribution in [3.8, 4) is 0 Å². The van der Waals surface area contributed by atoms with E-state index in [9.17, 15) is 9.59 Å². The van der Waals surface area contributed by atoms with Crippen molar-refractivity contribution in [2.24, 2.45) is 5.41 Å². The number of imide groups is 1. The molecule has 1 heterocycles. The van der Waals surface area contributed by atoms with Gasteiger partial charge in [-0.1, -0.05) is 32.1 Å². The topological polar surface area (TPSA) is 46.2 Å². The molecular formula is C11H17NO2. The Morgan fingerprint density at radius 3 is 2.00 bits per heavy atom. The Morgan fingerprint density at radius 2 is 1.50 bits per heavy atom. The van der Waals surface area contributed by atoms with Gasteiger partial charge in [-0.25, -0.2) is 0 Å². The lowest BCUT2D eigenvalue weighted by Crippen LogP contribution is -2.32. The molecule has 3 heteroatoms. The van der Waals surface area contributed by atoms with Crippen LogP contribution in [0.5, 0.6) is 0 Å². The largest absolute Gasteiger partial charge is 0.296 e. The van der Waals surface area contributed by atoms with Gasteiger partial charge >= 0.3 is 0 Å². The van der Waals surface area contributed by atoms with Crippen LogP contribution in [0.15, 0.2) is 0 Å². The lowest BCUT2D eigenvalue weighted by Gasteiger charge is -2.27. The molecule has 2 rings (SSSR count). The molecule has 1 aliphatic carbocycles. The van der Waals surface area contributed by atoms with Crippen molar-refractivity contribution in [1.29, 1.82) is 0 Å². The van der Waals surface area contributed by atoms with Gasteiger partial charge < -0.3 is 0 Å². The van der Waals surface area contributed by atoms with E-state index >= 15 is 0 Å². The van der Waals surface area contributed by atoms with Gasteiger partial charge in [-0.05, 0) is 12.8 Å². The van der Waals surface area contributed by atoms with Gasteiger partial charge in [0.1, 0.15) is 0 Å². The monoisotopic (exact) mass is 195 g/mol. The highest BCUT2D eigenvalue weighted by atomic mass is 16.2. The van der Waals surface area contributed by atoms with Gasteiger partial charge in [-0.15, -0.1) is 0 Å². The maximum Gasteiger partial charge on any atom is 0.233 e. The fraction of sp³-hybridized carbons (Fsp3) is 0.818. The summed E-state index contributed by atoms with van der Waals surface area (Å²) >= 11 is 0. The maximum absolute atomic E-state index is 11.7. The van der Waals surface area contributed by atoms with E-state index in [1.54, 1.807) is 0 Å². The molecule has 1 N–H and O–H groups in total. The predicted octanol–water partition coefficient (Wildman–Crippen LogP) is 1.76. The summed E-state index contributed by atoms with van der Waals surface area (Å²) < 4.78 is 0. The minimum absolute atomic E-state index is 0.00981. The first-order valence-electron chi connectivity index (χ1n) is 5.57. The Balaban J connectivity index is 2.11. The Labute approximate surface area is 84.2 Å². The molecule has 78 valence electrons. The minimum Gasteiger partial charge on any atom is -0.296 e. The summed E-state index contributed by atoms with van der Waals surface area (Å²) in [6.45, 7) is 0. The number of nitrogens with one attached hydrogen (secondary N) is 1. The van der Waals surface area contributed by atoms with Gasteiger partial charge in [0.2, 0.25) is 11.8 Å². The average Bonchev–Trinajstić information content (AvgIpc) is 2.36. The van der Waals surface area contributed by atoms with Crippen LogP contribution in [-0.4, -0.2) is 11.8 Å². The molecule has 0 bridgehead atoms. The van der Waals surface area contributed by atoms with Gasteiger partial charge in [0.15, 0.2) is 0 Å². The van der Waals surface area contributed by atoms with Crippen molar-refractivity contribution >= 4 is 11.8 Å². The summed E-state index contributed by atoms with van der Waals surface area (Å²) in [5.41, 5.74) is -0.322. The lowest BCUT2D eigenvalue weighted by atomic mass is 9.75. The van der Waals surface area contributed by atoms with Crippen LogP contribution in [0.25, 0.3) is 0 Å². The van der Waals surface area contributed by atoms with E-state index < -0.39 is 0 Å². The number of hydrogen-bond acceptors (Lipinski definition) is 2. The smallest absolute Gasteiger partial charge is 0.233 e. The van der Waals surface area contributed by atoms with Crippen LogP contribution >= 0.6 is 0 Å². The van der Waals surface area contributed by atoms with Crippen LogP contribution in [0.2, 0.25) is 0 Å². The number of amides is 2. The Hall–Kier alpha value is -0.860. The van der Waals surface area contributed by atoms with E-state index in [0.29, 0.717) is 6.42 Å². The number of hydrogen-bond donors (Lipinski definition) is 1. The van der Waals surface area contributed by atoms with Gasteiger partial charge in [0.25, 0.3) is 0 Å². The second-order valence-electron chi connectivity index (χ2n) is 4.60. The molecule has 0 unspecified atom stereocenters. The van der Waals surface area contributed by atoms with Crippen LogP contribution in [0.1, 0.15) is 51.4 Å². The van der Waals surface area contributed by atoms with Crippen LogP contribution in [0, 0.1) is 5.41 Å². The third kappa shape index (κ3) is 1.68. The summed E-state index contributed by atoms with van der Waals surface area (Å²) in [4.78, 5) is 22.9. The Bertz CT molecular complexity index is 252. The van der Waals surface area contributed by atoms with E-state index in [1.165, 1.54) is 19.3 Å². The average molecular weight is 195 g/mol. The standard InChI is InChI=1S/C11H17NO2/c13-9-8-11(10(14)12-9)6-4-2-1-3-5-7-11/h1-8H2,(H,12,13,14). The zero-order valence-electron chi connectivity index (χ0n) is 8.47. The molecule has 0 radical (unpaired) electrons. The first kappa shape index (κ1) is 9.69. The number of carbonyl (C=O) groups is 2. The molecule has 2 fully saturated rings. The fourth-order valence-electron chi connectivity index (χ4n) is 2.68. The van der Waals surface area contributed by atoms with Crippen LogP contribution < -0.4 is 5.32 Å². The molecular weight excluding hydrogens is 178 g/mol. The third-order valence-corrected chi connectivity index (χ3v) is 3.54. The highest BCUT2D eigenvalue weighted by Crippen LogP contribution is 2.40. The molecule has 14 heavy (non-hydrogen) atoms. The number of rotatable bonds is 0. The Morgan fingerprint density at radius 1 is 0.929 bits per heavy atom. The van der Waals surface area contributed by atoms with Crippen LogP contribution in [0.3, 0.4) is 0 Å². The third-order valence-electron chi connectivity index (χ3n) is 3.54. The second-order valence-corrected chi connectivity index (χ2v) is 4.60. The highest BCUT2D eigenvalue weighted by Gasteiger charge is 2.45. The second kappa shape index (κ2) is 3.71. The van der Waals surface area contributed by atoms with Crippen molar-refractivity contribution in [2.75, 3.05) is 0 Å². The van der Waals surface area contributed by atoms with Crippen molar-refractivity contribution in [2.45, 2.75) is 51.4 Å².